The van der Waals surface area contributed by atoms with Crippen LogP contribution in [0.4, 0.5) is 10.1 Å². The molecule has 5 atom stereocenters. The van der Waals surface area contributed by atoms with Gasteiger partial charge in [0.15, 0.2) is 23.7 Å². The Morgan fingerprint density at radius 1 is 1.30 bits per heavy atom. The number of fused-ring (bicyclic) bond motifs is 3. The van der Waals surface area contributed by atoms with Crippen LogP contribution in [0.3, 0.4) is 0 Å². The predicted molar refractivity (Wildman–Crippen MR) is 142 cm³/mol. The van der Waals surface area contributed by atoms with Gasteiger partial charge in [0.2, 0.25) is 0 Å². The Labute approximate surface area is 220 Å². The maximum absolute atomic E-state index is 14.6. The highest BCUT2D eigenvalue weighted by Crippen LogP contribution is 2.33. The molecule has 202 valence electrons. The lowest BCUT2D eigenvalue weighted by Crippen LogP contribution is -3.04. The number of benzene rings is 1. The molecule has 1 aromatic carbocycles. The molecule has 0 bridgehead atoms. The van der Waals surface area contributed by atoms with Crippen LogP contribution in [0.1, 0.15) is 27.7 Å². The number of rotatable bonds is 6. The van der Waals surface area contributed by atoms with E-state index in [4.69, 9.17) is 21.1 Å². The molecule has 37 heavy (non-hydrogen) atoms. The highest BCUT2D eigenvalue weighted by atomic mass is 35.5. The number of ether oxygens (including phenoxy) is 2. The number of morpholine rings is 2. The first-order valence-corrected chi connectivity index (χ1v) is 13.2. The van der Waals surface area contributed by atoms with Crippen LogP contribution in [0.5, 0.6) is 0 Å². The maximum atomic E-state index is 14.6. The van der Waals surface area contributed by atoms with E-state index in [1.807, 2.05) is 13.8 Å². The lowest BCUT2D eigenvalue weighted by atomic mass is 10.0. The SMILES string of the molecule is CC1C[N+]([O-])(CCN2CC(C)(C)[OH+]CC2C[NH+]([O-])c2cc(Cl)cc3c2[nH]c2cncc(F)c23)C[C@@H](C)O1. The molecule has 2 aliphatic rings. The van der Waals surface area contributed by atoms with Crippen LogP contribution in [-0.4, -0.2) is 94.0 Å². The number of hydrogen-bond acceptors (Lipinski definition) is 5. The normalized spacial score (nSPS) is 29.7. The van der Waals surface area contributed by atoms with Crippen LogP contribution < -0.4 is 5.06 Å². The average Bonchev–Trinajstić information content (AvgIpc) is 3.17. The number of quaternary nitrogens is 2. The summed E-state index contributed by atoms with van der Waals surface area (Å²) in [4.78, 5) is 9.32. The summed E-state index contributed by atoms with van der Waals surface area (Å²) in [7, 11) is 0. The van der Waals surface area contributed by atoms with Crippen molar-refractivity contribution in [2.75, 3.05) is 45.9 Å². The van der Waals surface area contributed by atoms with Gasteiger partial charge in [-0.2, -0.15) is 0 Å². The summed E-state index contributed by atoms with van der Waals surface area (Å²) in [5.41, 5.74) is 1.23. The molecule has 2 aromatic heterocycles. The molecule has 5 rings (SSSR count). The third kappa shape index (κ3) is 5.62. The minimum Gasteiger partial charge on any atom is -0.633 e. The van der Waals surface area contributed by atoms with Crippen molar-refractivity contribution >= 4 is 39.1 Å². The Kier molecular flexibility index (Phi) is 7.23. The third-order valence-corrected chi connectivity index (χ3v) is 7.75. The van der Waals surface area contributed by atoms with Gasteiger partial charge in [0.25, 0.3) is 0 Å². The van der Waals surface area contributed by atoms with Gasteiger partial charge < -0.3 is 34.6 Å². The van der Waals surface area contributed by atoms with Gasteiger partial charge in [-0.05, 0) is 19.9 Å². The summed E-state index contributed by atoms with van der Waals surface area (Å²) in [6, 6.07) is 3.16. The first-order chi connectivity index (χ1) is 17.4. The monoisotopic (exact) mass is 536 g/mol. The van der Waals surface area contributed by atoms with Gasteiger partial charge in [0.1, 0.15) is 43.4 Å². The zero-order chi connectivity index (χ0) is 26.5. The number of H-pyrrole nitrogens is 1. The van der Waals surface area contributed by atoms with Gasteiger partial charge >= 0.3 is 0 Å². The molecule has 9 nitrogen and oxygen atoms in total. The van der Waals surface area contributed by atoms with Crippen LogP contribution in [0, 0.1) is 16.2 Å². The predicted octanol–water partition coefficient (Wildman–Crippen LogP) is 2.64. The van der Waals surface area contributed by atoms with Crippen molar-refractivity contribution in [2.24, 2.45) is 0 Å². The molecule has 3 N–H and O–H groups in total. The largest absolute Gasteiger partial charge is 0.633 e. The van der Waals surface area contributed by atoms with E-state index in [0.29, 0.717) is 71.8 Å². The molecule has 0 spiro atoms. The third-order valence-electron chi connectivity index (χ3n) is 7.53. The fourth-order valence-electron chi connectivity index (χ4n) is 6.01. The van der Waals surface area contributed by atoms with Gasteiger partial charge in [0, 0.05) is 42.3 Å². The molecule has 0 amide bonds. The molecule has 3 aromatic rings. The lowest BCUT2D eigenvalue weighted by Gasteiger charge is -2.51. The fraction of sp³-hybridized carbons (Fsp3) is 0.577. The molecular weight excluding hydrogens is 501 g/mol. The molecule has 2 aliphatic heterocycles. The zero-order valence-electron chi connectivity index (χ0n) is 21.8. The Bertz CT molecular complexity index is 1280. The van der Waals surface area contributed by atoms with Crippen LogP contribution in [-0.2, 0) is 4.74 Å². The number of nitrogens with zero attached hydrogens (tertiary/aromatic N) is 3. The zero-order valence-corrected chi connectivity index (χ0v) is 22.5. The molecular formula is C26H36ClFN5O4+. The summed E-state index contributed by atoms with van der Waals surface area (Å²) >= 11 is 6.38. The number of hydroxylamine groups is 4. The summed E-state index contributed by atoms with van der Waals surface area (Å²) in [5, 5.41) is 28.3. The van der Waals surface area contributed by atoms with E-state index in [1.54, 1.807) is 18.3 Å². The van der Waals surface area contributed by atoms with Crippen molar-refractivity contribution in [3.63, 3.8) is 0 Å². The number of nitrogens with one attached hydrogen (secondary N) is 2. The minimum absolute atomic E-state index is 0.0759. The average molecular weight is 537 g/mol. The highest BCUT2D eigenvalue weighted by Gasteiger charge is 2.41. The second-order valence-electron chi connectivity index (χ2n) is 11.4. The standard InChI is InChI=1S/C26H35ClFN5O4/c1-16-12-33(35,13-17(2)37-16)6-5-31-15-26(3,4)36-14-19(31)11-32(34)23-8-18(27)7-20-24-21(28)9-29-10-22(24)30-25(20)23/h7-10,16-17,19,30,32H,5-6,11-15H2,1-4H3/p+1/t16-,17?,19?,33?/m1/s1. The van der Waals surface area contributed by atoms with Gasteiger partial charge in [0.05, 0.1) is 31.0 Å². The second-order valence-corrected chi connectivity index (χ2v) is 11.8. The molecule has 11 heteroatoms. The van der Waals surface area contributed by atoms with Crippen molar-refractivity contribution in [2.45, 2.75) is 51.5 Å². The summed E-state index contributed by atoms with van der Waals surface area (Å²) in [5.74, 6) is -0.467. The number of aromatic amines is 1. The van der Waals surface area contributed by atoms with Crippen molar-refractivity contribution in [3.8, 4) is 0 Å². The van der Waals surface area contributed by atoms with E-state index in [9.17, 15) is 14.8 Å². The lowest BCUT2D eigenvalue weighted by molar-refractivity contribution is -0.895. The van der Waals surface area contributed by atoms with E-state index in [-0.39, 0.29) is 40.1 Å². The fourth-order valence-corrected chi connectivity index (χ4v) is 6.23. The molecule has 0 saturated carbocycles. The number of halogens is 2. The van der Waals surface area contributed by atoms with Gasteiger partial charge in [-0.25, -0.2) is 4.39 Å². The van der Waals surface area contributed by atoms with E-state index in [1.165, 1.54) is 0 Å². The Hall–Kier alpha value is -1.89. The molecule has 2 saturated heterocycles. The minimum atomic E-state index is -0.467. The number of pyridine rings is 1. The van der Waals surface area contributed by atoms with E-state index < -0.39 is 5.82 Å². The smallest absolute Gasteiger partial charge is 0.171 e. The second kappa shape index (κ2) is 10.0. The molecule has 4 unspecified atom stereocenters. The quantitative estimate of drug-likeness (QED) is 0.218. The Morgan fingerprint density at radius 2 is 2.03 bits per heavy atom. The molecule has 4 heterocycles. The van der Waals surface area contributed by atoms with Crippen LogP contribution in [0.2, 0.25) is 5.02 Å². The van der Waals surface area contributed by atoms with Crippen LogP contribution in [0.15, 0.2) is 24.5 Å². The highest BCUT2D eigenvalue weighted by molar-refractivity contribution is 6.32. The van der Waals surface area contributed by atoms with Crippen molar-refractivity contribution in [1.29, 1.82) is 0 Å². The number of hydrogen-bond donors (Lipinski definition) is 2. The Balaban J connectivity index is 1.38. The van der Waals surface area contributed by atoms with Gasteiger partial charge in [-0.1, -0.05) is 11.6 Å². The van der Waals surface area contributed by atoms with Crippen molar-refractivity contribution in [3.05, 3.63) is 45.8 Å². The molecule has 2 fully saturated rings. The van der Waals surface area contributed by atoms with Gasteiger partial charge in [-0.3, -0.25) is 9.88 Å². The first kappa shape index (κ1) is 26.7. The van der Waals surface area contributed by atoms with Crippen molar-refractivity contribution in [1.82, 2.24) is 14.9 Å². The van der Waals surface area contributed by atoms with Gasteiger partial charge in [-0.15, -0.1) is 0 Å². The maximum Gasteiger partial charge on any atom is 0.171 e. The van der Waals surface area contributed by atoms with E-state index in [0.717, 1.165) is 6.20 Å². The van der Waals surface area contributed by atoms with E-state index in [2.05, 4.69) is 28.7 Å². The topological polar surface area (TPSA) is 105 Å². The molecule has 0 radical (unpaired) electrons. The summed E-state index contributed by atoms with van der Waals surface area (Å²) < 4.78 is 24.9. The first-order valence-electron chi connectivity index (χ1n) is 12.9. The molecule has 0 aliphatic carbocycles. The van der Waals surface area contributed by atoms with Crippen molar-refractivity contribution < 1.29 is 23.6 Å². The van der Waals surface area contributed by atoms with E-state index >= 15 is 0 Å². The number of aliphatic hydroxyl groups is 2. The van der Waals surface area contributed by atoms with Crippen LogP contribution >= 0.6 is 11.6 Å². The number of aromatic nitrogens is 2. The summed E-state index contributed by atoms with van der Waals surface area (Å²) in [6.45, 7) is 11.3. The summed E-state index contributed by atoms with van der Waals surface area (Å²) in [6.07, 6.45) is 2.54. The van der Waals surface area contributed by atoms with Crippen LogP contribution in [0.25, 0.3) is 21.8 Å². The Morgan fingerprint density at radius 3 is 2.76 bits per heavy atom.